The Morgan fingerprint density at radius 2 is 1.92 bits per heavy atom. The van der Waals surface area contributed by atoms with Crippen LogP contribution in [-0.4, -0.2) is 43.3 Å². The molecular formula is C9H17FN2. The highest BCUT2D eigenvalue weighted by Gasteiger charge is 2.32. The Balaban J connectivity index is 1.89. The first kappa shape index (κ1) is 8.45. The van der Waals surface area contributed by atoms with Gasteiger partial charge in [0.15, 0.2) is 0 Å². The van der Waals surface area contributed by atoms with E-state index in [0.717, 1.165) is 45.4 Å². The molecule has 0 aromatic heterocycles. The van der Waals surface area contributed by atoms with Crippen molar-refractivity contribution in [3.63, 3.8) is 0 Å². The summed E-state index contributed by atoms with van der Waals surface area (Å²) in [7, 11) is 0. The third-order valence-corrected chi connectivity index (χ3v) is 3.02. The fourth-order valence-corrected chi connectivity index (χ4v) is 2.32. The number of piperazine rings is 1. The molecule has 0 amide bonds. The van der Waals surface area contributed by atoms with E-state index in [9.17, 15) is 4.39 Å². The predicted molar refractivity (Wildman–Crippen MR) is 47.0 cm³/mol. The highest BCUT2D eigenvalue weighted by Crippen LogP contribution is 2.26. The molecule has 1 heterocycles. The monoisotopic (exact) mass is 172 g/mol. The zero-order valence-electron chi connectivity index (χ0n) is 7.43. The van der Waals surface area contributed by atoms with Crippen LogP contribution < -0.4 is 5.32 Å². The van der Waals surface area contributed by atoms with E-state index in [1.807, 2.05) is 0 Å². The number of rotatable bonds is 1. The zero-order valence-corrected chi connectivity index (χ0v) is 7.43. The molecule has 0 aromatic carbocycles. The second kappa shape index (κ2) is 3.71. The highest BCUT2D eigenvalue weighted by atomic mass is 19.1. The minimum Gasteiger partial charge on any atom is -0.314 e. The van der Waals surface area contributed by atoms with Crippen molar-refractivity contribution >= 4 is 0 Å². The van der Waals surface area contributed by atoms with Gasteiger partial charge in [-0.1, -0.05) is 0 Å². The van der Waals surface area contributed by atoms with Gasteiger partial charge < -0.3 is 5.32 Å². The van der Waals surface area contributed by atoms with Crippen molar-refractivity contribution in [2.75, 3.05) is 26.2 Å². The lowest BCUT2D eigenvalue weighted by Gasteiger charge is -2.33. The summed E-state index contributed by atoms with van der Waals surface area (Å²) < 4.78 is 13.3. The summed E-state index contributed by atoms with van der Waals surface area (Å²) in [5, 5.41) is 3.29. The van der Waals surface area contributed by atoms with Crippen molar-refractivity contribution in [2.45, 2.75) is 31.5 Å². The third kappa shape index (κ3) is 1.62. The first-order valence-corrected chi connectivity index (χ1v) is 4.97. The maximum absolute atomic E-state index is 13.3. The molecule has 0 spiro atoms. The molecule has 2 aliphatic rings. The predicted octanol–water partition coefficient (Wildman–Crippen LogP) is 0.782. The standard InChI is InChI=1S/C9H17FN2/c10-8-2-1-3-9(8)12-6-4-11-5-7-12/h8-9,11H,1-7H2/t8-,9-/m1/s1. The van der Waals surface area contributed by atoms with Crippen LogP contribution in [0, 0.1) is 0 Å². The molecule has 3 heteroatoms. The van der Waals surface area contributed by atoms with E-state index in [2.05, 4.69) is 10.2 Å². The fourth-order valence-electron chi connectivity index (χ4n) is 2.32. The summed E-state index contributed by atoms with van der Waals surface area (Å²) in [4.78, 5) is 2.31. The van der Waals surface area contributed by atoms with Gasteiger partial charge in [-0.25, -0.2) is 4.39 Å². The molecule has 1 aliphatic carbocycles. The highest BCUT2D eigenvalue weighted by molar-refractivity contribution is 4.87. The smallest absolute Gasteiger partial charge is 0.116 e. The van der Waals surface area contributed by atoms with Crippen LogP contribution in [0.5, 0.6) is 0 Å². The Morgan fingerprint density at radius 3 is 2.50 bits per heavy atom. The number of halogens is 1. The molecule has 1 saturated carbocycles. The number of hydrogen-bond donors (Lipinski definition) is 1. The van der Waals surface area contributed by atoms with E-state index in [0.29, 0.717) is 0 Å². The average Bonchev–Trinajstić information content (AvgIpc) is 2.53. The van der Waals surface area contributed by atoms with Crippen LogP contribution in [0.1, 0.15) is 19.3 Å². The average molecular weight is 172 g/mol. The van der Waals surface area contributed by atoms with Gasteiger partial charge in [-0.2, -0.15) is 0 Å². The fraction of sp³-hybridized carbons (Fsp3) is 1.00. The molecule has 0 aromatic rings. The van der Waals surface area contributed by atoms with Crippen molar-refractivity contribution in [1.82, 2.24) is 10.2 Å². The molecule has 2 rings (SSSR count). The van der Waals surface area contributed by atoms with Crippen molar-refractivity contribution in [3.05, 3.63) is 0 Å². The van der Waals surface area contributed by atoms with Crippen LogP contribution in [0.25, 0.3) is 0 Å². The van der Waals surface area contributed by atoms with Crippen LogP contribution in [0.4, 0.5) is 4.39 Å². The van der Waals surface area contributed by atoms with Crippen LogP contribution >= 0.6 is 0 Å². The minimum absolute atomic E-state index is 0.243. The number of alkyl halides is 1. The summed E-state index contributed by atoms with van der Waals surface area (Å²) in [6, 6.07) is 0.243. The number of nitrogens with zero attached hydrogens (tertiary/aromatic N) is 1. The molecule has 0 bridgehead atoms. The quantitative estimate of drug-likeness (QED) is 0.629. The maximum atomic E-state index is 13.3. The van der Waals surface area contributed by atoms with Crippen LogP contribution in [0.15, 0.2) is 0 Å². The summed E-state index contributed by atoms with van der Waals surface area (Å²) >= 11 is 0. The largest absolute Gasteiger partial charge is 0.314 e. The lowest BCUT2D eigenvalue weighted by atomic mass is 10.2. The Hall–Kier alpha value is -0.150. The second-order valence-corrected chi connectivity index (χ2v) is 3.80. The Kier molecular flexibility index (Phi) is 2.61. The molecule has 1 aliphatic heterocycles. The van der Waals surface area contributed by atoms with E-state index in [1.165, 1.54) is 0 Å². The van der Waals surface area contributed by atoms with E-state index < -0.39 is 6.17 Å². The lowest BCUT2D eigenvalue weighted by Crippen LogP contribution is -2.50. The summed E-state index contributed by atoms with van der Waals surface area (Å²) in [5.41, 5.74) is 0. The van der Waals surface area contributed by atoms with Gasteiger partial charge in [-0.05, 0) is 19.3 Å². The lowest BCUT2D eigenvalue weighted by molar-refractivity contribution is 0.117. The van der Waals surface area contributed by atoms with E-state index in [4.69, 9.17) is 0 Å². The van der Waals surface area contributed by atoms with Gasteiger partial charge in [0.2, 0.25) is 0 Å². The van der Waals surface area contributed by atoms with Gasteiger partial charge >= 0.3 is 0 Å². The third-order valence-electron chi connectivity index (χ3n) is 3.02. The molecule has 0 unspecified atom stereocenters. The molecular weight excluding hydrogens is 155 g/mol. The maximum Gasteiger partial charge on any atom is 0.116 e. The summed E-state index contributed by atoms with van der Waals surface area (Å²) in [6.07, 6.45) is 2.38. The molecule has 0 radical (unpaired) electrons. The molecule has 12 heavy (non-hydrogen) atoms. The van der Waals surface area contributed by atoms with Gasteiger partial charge in [0, 0.05) is 32.2 Å². The topological polar surface area (TPSA) is 15.3 Å². The molecule has 2 atom stereocenters. The summed E-state index contributed by atoms with van der Waals surface area (Å²) in [5.74, 6) is 0. The molecule has 2 nitrogen and oxygen atoms in total. The summed E-state index contributed by atoms with van der Waals surface area (Å²) in [6.45, 7) is 4.13. The Morgan fingerprint density at radius 1 is 1.17 bits per heavy atom. The van der Waals surface area contributed by atoms with Gasteiger partial charge in [0.25, 0.3) is 0 Å². The first-order valence-electron chi connectivity index (χ1n) is 4.97. The van der Waals surface area contributed by atoms with E-state index in [-0.39, 0.29) is 6.04 Å². The Labute approximate surface area is 73.1 Å². The number of hydrogen-bond acceptors (Lipinski definition) is 2. The van der Waals surface area contributed by atoms with Gasteiger partial charge in [0.05, 0.1) is 0 Å². The second-order valence-electron chi connectivity index (χ2n) is 3.80. The molecule has 2 fully saturated rings. The Bertz CT molecular complexity index is 145. The zero-order chi connectivity index (χ0) is 8.39. The van der Waals surface area contributed by atoms with Crippen LogP contribution in [-0.2, 0) is 0 Å². The van der Waals surface area contributed by atoms with Crippen molar-refractivity contribution < 1.29 is 4.39 Å². The van der Waals surface area contributed by atoms with Crippen molar-refractivity contribution in [1.29, 1.82) is 0 Å². The number of nitrogens with one attached hydrogen (secondary N) is 1. The van der Waals surface area contributed by atoms with Gasteiger partial charge in [0.1, 0.15) is 6.17 Å². The minimum atomic E-state index is -0.553. The van der Waals surface area contributed by atoms with Crippen LogP contribution in [0.3, 0.4) is 0 Å². The van der Waals surface area contributed by atoms with Gasteiger partial charge in [-0.15, -0.1) is 0 Å². The molecule has 1 N–H and O–H groups in total. The molecule has 70 valence electrons. The molecule has 1 saturated heterocycles. The van der Waals surface area contributed by atoms with Crippen molar-refractivity contribution in [2.24, 2.45) is 0 Å². The van der Waals surface area contributed by atoms with Crippen molar-refractivity contribution in [3.8, 4) is 0 Å². The van der Waals surface area contributed by atoms with E-state index >= 15 is 0 Å². The normalized spacial score (nSPS) is 38.8. The van der Waals surface area contributed by atoms with E-state index in [1.54, 1.807) is 0 Å². The first-order chi connectivity index (χ1) is 5.88. The van der Waals surface area contributed by atoms with Gasteiger partial charge in [-0.3, -0.25) is 4.90 Å². The SMILES string of the molecule is F[C@@H]1CCC[C@H]1N1CCNCC1. The van der Waals surface area contributed by atoms with Crippen LogP contribution in [0.2, 0.25) is 0 Å².